The van der Waals surface area contributed by atoms with Crippen LogP contribution in [-0.4, -0.2) is 6.04 Å². The first-order valence-electron chi connectivity index (χ1n) is 6.92. The van der Waals surface area contributed by atoms with Gasteiger partial charge in [-0.3, -0.25) is 0 Å². The molecular formula is C17H17BrFN. The number of hydrogen-bond donors (Lipinski definition) is 1. The minimum absolute atomic E-state index is 0.177. The maximum absolute atomic E-state index is 14.1. The normalized spacial score (nSPS) is 14.6. The summed E-state index contributed by atoms with van der Waals surface area (Å²) in [7, 11) is 0. The van der Waals surface area contributed by atoms with Gasteiger partial charge in [-0.15, -0.1) is 0 Å². The zero-order chi connectivity index (χ0) is 14.1. The number of aryl methyl sites for hydroxylation is 1. The van der Waals surface area contributed by atoms with Crippen LogP contribution in [0, 0.1) is 12.7 Å². The average molecular weight is 334 g/mol. The molecule has 0 atom stereocenters. The fourth-order valence-electron chi connectivity index (χ4n) is 2.32. The van der Waals surface area contributed by atoms with Crippen LogP contribution in [0.3, 0.4) is 0 Å². The largest absolute Gasteiger partial charge is 0.310 e. The van der Waals surface area contributed by atoms with Crippen molar-refractivity contribution in [2.45, 2.75) is 32.4 Å². The summed E-state index contributed by atoms with van der Waals surface area (Å²) in [5, 5.41) is 3.49. The van der Waals surface area contributed by atoms with Crippen molar-refractivity contribution in [3.8, 4) is 11.1 Å². The molecule has 1 fully saturated rings. The molecule has 0 saturated heterocycles. The maximum Gasteiger partial charge on any atom is 0.131 e. The highest BCUT2D eigenvalue weighted by Gasteiger charge is 2.20. The lowest BCUT2D eigenvalue weighted by Crippen LogP contribution is -2.15. The Morgan fingerprint density at radius 3 is 2.70 bits per heavy atom. The molecule has 0 radical (unpaired) electrons. The summed E-state index contributed by atoms with van der Waals surface area (Å²) in [6, 6.07) is 12.0. The standard InChI is InChI=1S/C17H17BrFN/c1-11-2-3-12(10-20-14-5-6-14)8-15(11)16-9-13(18)4-7-17(16)19/h2-4,7-9,14,20H,5-6,10H2,1H3. The van der Waals surface area contributed by atoms with E-state index in [2.05, 4.69) is 39.4 Å². The van der Waals surface area contributed by atoms with Crippen LogP contribution in [0.4, 0.5) is 4.39 Å². The molecule has 0 spiro atoms. The van der Waals surface area contributed by atoms with E-state index in [1.54, 1.807) is 6.07 Å². The molecule has 1 aliphatic carbocycles. The van der Waals surface area contributed by atoms with Gasteiger partial charge in [-0.2, -0.15) is 0 Å². The Hall–Kier alpha value is -1.19. The maximum atomic E-state index is 14.1. The number of rotatable bonds is 4. The first-order chi connectivity index (χ1) is 9.63. The van der Waals surface area contributed by atoms with E-state index in [1.807, 2.05) is 13.0 Å². The topological polar surface area (TPSA) is 12.0 Å². The van der Waals surface area contributed by atoms with Gasteiger partial charge in [-0.1, -0.05) is 28.1 Å². The summed E-state index contributed by atoms with van der Waals surface area (Å²) < 4.78 is 15.0. The van der Waals surface area contributed by atoms with Crippen LogP contribution in [0.1, 0.15) is 24.0 Å². The number of benzene rings is 2. The van der Waals surface area contributed by atoms with Gasteiger partial charge in [0.25, 0.3) is 0 Å². The molecule has 0 amide bonds. The van der Waals surface area contributed by atoms with Crippen molar-refractivity contribution in [3.63, 3.8) is 0 Å². The van der Waals surface area contributed by atoms with Crippen molar-refractivity contribution in [1.82, 2.24) is 5.32 Å². The highest BCUT2D eigenvalue weighted by Crippen LogP contribution is 2.30. The summed E-state index contributed by atoms with van der Waals surface area (Å²) in [5.74, 6) is -0.177. The molecule has 1 N–H and O–H groups in total. The van der Waals surface area contributed by atoms with Crippen molar-refractivity contribution >= 4 is 15.9 Å². The average Bonchev–Trinajstić information content (AvgIpc) is 3.25. The van der Waals surface area contributed by atoms with Crippen molar-refractivity contribution in [3.05, 3.63) is 57.8 Å². The summed E-state index contributed by atoms with van der Waals surface area (Å²) in [4.78, 5) is 0. The van der Waals surface area contributed by atoms with Gasteiger partial charge >= 0.3 is 0 Å². The summed E-state index contributed by atoms with van der Waals surface area (Å²) in [5.41, 5.74) is 3.93. The second kappa shape index (κ2) is 5.66. The Labute approximate surface area is 127 Å². The zero-order valence-electron chi connectivity index (χ0n) is 11.4. The third-order valence-electron chi connectivity index (χ3n) is 3.69. The fourth-order valence-corrected chi connectivity index (χ4v) is 2.68. The van der Waals surface area contributed by atoms with Crippen LogP contribution >= 0.6 is 15.9 Å². The lowest BCUT2D eigenvalue weighted by molar-refractivity contribution is 0.631. The summed E-state index contributed by atoms with van der Waals surface area (Å²) in [6.07, 6.45) is 2.55. The van der Waals surface area contributed by atoms with Crippen LogP contribution in [0.15, 0.2) is 40.9 Å². The smallest absolute Gasteiger partial charge is 0.131 e. The Bertz CT molecular complexity index is 635. The molecule has 0 unspecified atom stereocenters. The van der Waals surface area contributed by atoms with Crippen LogP contribution in [0.5, 0.6) is 0 Å². The monoisotopic (exact) mass is 333 g/mol. The lowest BCUT2D eigenvalue weighted by Gasteiger charge is -2.11. The fraction of sp³-hybridized carbons (Fsp3) is 0.294. The molecule has 1 saturated carbocycles. The van der Waals surface area contributed by atoms with E-state index in [9.17, 15) is 4.39 Å². The molecule has 1 nitrogen and oxygen atoms in total. The van der Waals surface area contributed by atoms with E-state index in [-0.39, 0.29) is 5.82 Å². The van der Waals surface area contributed by atoms with Gasteiger partial charge in [0, 0.05) is 22.6 Å². The van der Waals surface area contributed by atoms with Crippen molar-refractivity contribution in [2.75, 3.05) is 0 Å². The number of nitrogens with one attached hydrogen (secondary N) is 1. The highest BCUT2D eigenvalue weighted by atomic mass is 79.9. The van der Waals surface area contributed by atoms with Gasteiger partial charge in [-0.05, 0) is 60.7 Å². The second-order valence-corrected chi connectivity index (χ2v) is 6.34. The molecule has 3 heteroatoms. The van der Waals surface area contributed by atoms with E-state index >= 15 is 0 Å². The van der Waals surface area contributed by atoms with E-state index in [4.69, 9.17) is 0 Å². The zero-order valence-corrected chi connectivity index (χ0v) is 13.0. The Morgan fingerprint density at radius 1 is 1.15 bits per heavy atom. The number of hydrogen-bond acceptors (Lipinski definition) is 1. The Morgan fingerprint density at radius 2 is 1.95 bits per heavy atom. The molecule has 0 bridgehead atoms. The van der Waals surface area contributed by atoms with E-state index in [1.165, 1.54) is 24.5 Å². The van der Waals surface area contributed by atoms with Crippen LogP contribution in [-0.2, 0) is 6.54 Å². The SMILES string of the molecule is Cc1ccc(CNC2CC2)cc1-c1cc(Br)ccc1F. The van der Waals surface area contributed by atoms with Gasteiger partial charge < -0.3 is 5.32 Å². The van der Waals surface area contributed by atoms with Gasteiger partial charge in [0.15, 0.2) is 0 Å². The van der Waals surface area contributed by atoms with Gasteiger partial charge in [0.05, 0.1) is 0 Å². The summed E-state index contributed by atoms with van der Waals surface area (Å²) in [6.45, 7) is 2.88. The Balaban J connectivity index is 1.94. The Kier molecular flexibility index (Phi) is 3.90. The molecule has 0 aliphatic heterocycles. The molecule has 3 rings (SSSR count). The van der Waals surface area contributed by atoms with Crippen LogP contribution < -0.4 is 5.32 Å². The van der Waals surface area contributed by atoms with Crippen molar-refractivity contribution < 1.29 is 4.39 Å². The van der Waals surface area contributed by atoms with Gasteiger partial charge in [0.2, 0.25) is 0 Å². The van der Waals surface area contributed by atoms with E-state index in [0.717, 1.165) is 22.1 Å². The van der Waals surface area contributed by atoms with E-state index < -0.39 is 0 Å². The second-order valence-electron chi connectivity index (χ2n) is 5.43. The summed E-state index contributed by atoms with van der Waals surface area (Å²) >= 11 is 3.42. The number of halogens is 2. The molecule has 20 heavy (non-hydrogen) atoms. The quantitative estimate of drug-likeness (QED) is 0.846. The van der Waals surface area contributed by atoms with Crippen LogP contribution in [0.2, 0.25) is 0 Å². The van der Waals surface area contributed by atoms with Crippen LogP contribution in [0.25, 0.3) is 11.1 Å². The molecule has 2 aromatic carbocycles. The molecule has 0 heterocycles. The predicted octanol–water partition coefficient (Wildman–Crippen LogP) is 4.82. The van der Waals surface area contributed by atoms with E-state index in [0.29, 0.717) is 11.6 Å². The van der Waals surface area contributed by atoms with Crippen molar-refractivity contribution in [1.29, 1.82) is 0 Å². The highest BCUT2D eigenvalue weighted by molar-refractivity contribution is 9.10. The van der Waals surface area contributed by atoms with Gasteiger partial charge in [0.1, 0.15) is 5.82 Å². The lowest BCUT2D eigenvalue weighted by atomic mass is 9.97. The molecular weight excluding hydrogens is 317 g/mol. The minimum Gasteiger partial charge on any atom is -0.310 e. The predicted molar refractivity (Wildman–Crippen MR) is 84.1 cm³/mol. The third kappa shape index (κ3) is 3.10. The molecule has 2 aromatic rings. The van der Waals surface area contributed by atoms with Gasteiger partial charge in [-0.25, -0.2) is 4.39 Å². The molecule has 104 valence electrons. The molecule has 1 aliphatic rings. The minimum atomic E-state index is -0.177. The first kappa shape index (κ1) is 13.8. The molecule has 0 aromatic heterocycles. The first-order valence-corrected chi connectivity index (χ1v) is 7.71. The third-order valence-corrected chi connectivity index (χ3v) is 4.19. The van der Waals surface area contributed by atoms with Crippen molar-refractivity contribution in [2.24, 2.45) is 0 Å².